The van der Waals surface area contributed by atoms with Crippen molar-refractivity contribution in [3.63, 3.8) is 0 Å². The van der Waals surface area contributed by atoms with Crippen molar-refractivity contribution in [1.82, 2.24) is 10.6 Å². The van der Waals surface area contributed by atoms with Crippen LogP contribution < -0.4 is 10.6 Å². The standard InChI is InChI=1S/C15H21FN2O2/c1-10(2)14(18-11(3)19)15(20)17-9-8-12-4-6-13(16)7-5-12/h4-7,10,14H,8-9H2,1-3H3,(H,17,20)(H,18,19)/t14-/m1/s1. The Balaban J connectivity index is 2.44. The topological polar surface area (TPSA) is 58.2 Å². The lowest BCUT2D eigenvalue weighted by Crippen LogP contribution is -2.49. The lowest BCUT2D eigenvalue weighted by atomic mass is 10.0. The highest BCUT2D eigenvalue weighted by Crippen LogP contribution is 2.04. The van der Waals surface area contributed by atoms with E-state index in [1.807, 2.05) is 13.8 Å². The molecule has 0 heterocycles. The van der Waals surface area contributed by atoms with Gasteiger partial charge in [-0.05, 0) is 30.0 Å². The molecule has 110 valence electrons. The van der Waals surface area contributed by atoms with Gasteiger partial charge in [0.1, 0.15) is 11.9 Å². The molecule has 1 aromatic rings. The second-order valence-electron chi connectivity index (χ2n) is 5.09. The third kappa shape index (κ3) is 5.38. The van der Waals surface area contributed by atoms with Crippen LogP contribution in [0.25, 0.3) is 0 Å². The maximum atomic E-state index is 12.7. The third-order valence-corrected chi connectivity index (χ3v) is 2.93. The smallest absolute Gasteiger partial charge is 0.242 e. The van der Waals surface area contributed by atoms with Gasteiger partial charge in [-0.1, -0.05) is 26.0 Å². The first-order valence-electron chi connectivity index (χ1n) is 6.69. The van der Waals surface area contributed by atoms with Gasteiger partial charge in [0.2, 0.25) is 11.8 Å². The summed E-state index contributed by atoms with van der Waals surface area (Å²) >= 11 is 0. The zero-order valence-corrected chi connectivity index (χ0v) is 12.1. The van der Waals surface area contributed by atoms with E-state index < -0.39 is 6.04 Å². The predicted molar refractivity (Wildman–Crippen MR) is 75.6 cm³/mol. The molecule has 0 fully saturated rings. The van der Waals surface area contributed by atoms with Crippen molar-refractivity contribution in [3.8, 4) is 0 Å². The number of rotatable bonds is 6. The quantitative estimate of drug-likeness (QED) is 0.832. The number of amides is 2. The summed E-state index contributed by atoms with van der Waals surface area (Å²) < 4.78 is 12.7. The molecule has 2 amide bonds. The number of hydrogen-bond donors (Lipinski definition) is 2. The number of carbonyl (C=O) groups is 2. The Bertz CT molecular complexity index is 457. The van der Waals surface area contributed by atoms with Crippen LogP contribution >= 0.6 is 0 Å². The summed E-state index contributed by atoms with van der Waals surface area (Å²) in [6.45, 7) is 5.59. The number of carbonyl (C=O) groups excluding carboxylic acids is 2. The van der Waals surface area contributed by atoms with E-state index >= 15 is 0 Å². The summed E-state index contributed by atoms with van der Waals surface area (Å²) in [6, 6.07) is 5.64. The van der Waals surface area contributed by atoms with E-state index in [2.05, 4.69) is 10.6 Å². The molecule has 0 aromatic heterocycles. The summed E-state index contributed by atoms with van der Waals surface area (Å²) in [4.78, 5) is 23.0. The van der Waals surface area contributed by atoms with Crippen LogP contribution in [0.2, 0.25) is 0 Å². The highest BCUT2D eigenvalue weighted by molar-refractivity contribution is 5.87. The first kappa shape index (κ1) is 16.1. The Morgan fingerprint density at radius 3 is 2.30 bits per heavy atom. The molecule has 0 saturated carbocycles. The van der Waals surface area contributed by atoms with Crippen molar-refractivity contribution in [2.24, 2.45) is 5.92 Å². The number of nitrogens with one attached hydrogen (secondary N) is 2. The Kier molecular flexibility index (Phi) is 6.15. The van der Waals surface area contributed by atoms with Crippen LogP contribution in [0, 0.1) is 11.7 Å². The maximum absolute atomic E-state index is 12.7. The molecule has 0 spiro atoms. The molecule has 0 unspecified atom stereocenters. The van der Waals surface area contributed by atoms with Crippen LogP contribution in [-0.2, 0) is 16.0 Å². The molecular formula is C15H21FN2O2. The molecule has 4 nitrogen and oxygen atoms in total. The Hall–Kier alpha value is -1.91. The normalized spacial score (nSPS) is 12.1. The van der Waals surface area contributed by atoms with Crippen LogP contribution in [-0.4, -0.2) is 24.4 Å². The molecule has 0 bridgehead atoms. The number of benzene rings is 1. The van der Waals surface area contributed by atoms with Crippen molar-refractivity contribution < 1.29 is 14.0 Å². The van der Waals surface area contributed by atoms with Gasteiger partial charge >= 0.3 is 0 Å². The van der Waals surface area contributed by atoms with Crippen LogP contribution in [0.5, 0.6) is 0 Å². The van der Waals surface area contributed by atoms with Crippen molar-refractivity contribution >= 4 is 11.8 Å². The van der Waals surface area contributed by atoms with Crippen LogP contribution in [0.1, 0.15) is 26.3 Å². The van der Waals surface area contributed by atoms with E-state index in [9.17, 15) is 14.0 Å². The van der Waals surface area contributed by atoms with Gasteiger partial charge < -0.3 is 10.6 Å². The fourth-order valence-electron chi connectivity index (χ4n) is 1.85. The van der Waals surface area contributed by atoms with Crippen LogP contribution in [0.4, 0.5) is 4.39 Å². The lowest BCUT2D eigenvalue weighted by molar-refractivity contribution is -0.129. The summed E-state index contributed by atoms with van der Waals surface area (Å²) in [7, 11) is 0. The van der Waals surface area contributed by atoms with Crippen molar-refractivity contribution in [2.45, 2.75) is 33.2 Å². The van der Waals surface area contributed by atoms with Gasteiger partial charge in [0.05, 0.1) is 0 Å². The Morgan fingerprint density at radius 1 is 1.20 bits per heavy atom. The van der Waals surface area contributed by atoms with E-state index in [0.29, 0.717) is 13.0 Å². The van der Waals surface area contributed by atoms with Gasteiger partial charge in [-0.2, -0.15) is 0 Å². The third-order valence-electron chi connectivity index (χ3n) is 2.93. The maximum Gasteiger partial charge on any atom is 0.242 e. The van der Waals surface area contributed by atoms with Gasteiger partial charge in [-0.15, -0.1) is 0 Å². The molecular weight excluding hydrogens is 259 g/mol. The molecule has 0 saturated heterocycles. The summed E-state index contributed by atoms with van der Waals surface area (Å²) in [5.74, 6) is -0.678. The molecule has 0 aliphatic heterocycles. The van der Waals surface area contributed by atoms with Gasteiger partial charge in [0, 0.05) is 13.5 Å². The minimum atomic E-state index is -0.527. The highest BCUT2D eigenvalue weighted by Gasteiger charge is 2.22. The molecule has 0 aliphatic carbocycles. The SMILES string of the molecule is CC(=O)N[C@@H](C(=O)NCCc1ccc(F)cc1)C(C)C. The number of halogens is 1. The first-order chi connectivity index (χ1) is 9.40. The summed E-state index contributed by atoms with van der Waals surface area (Å²) in [5, 5.41) is 5.42. The zero-order chi connectivity index (χ0) is 15.1. The molecule has 20 heavy (non-hydrogen) atoms. The molecule has 1 aromatic carbocycles. The average molecular weight is 280 g/mol. The van der Waals surface area contributed by atoms with E-state index in [-0.39, 0.29) is 23.5 Å². The van der Waals surface area contributed by atoms with Crippen molar-refractivity contribution in [3.05, 3.63) is 35.6 Å². The lowest BCUT2D eigenvalue weighted by Gasteiger charge is -2.20. The van der Waals surface area contributed by atoms with E-state index in [4.69, 9.17) is 0 Å². The molecule has 0 radical (unpaired) electrons. The van der Waals surface area contributed by atoms with Gasteiger partial charge in [0.25, 0.3) is 0 Å². The molecule has 5 heteroatoms. The largest absolute Gasteiger partial charge is 0.354 e. The fourth-order valence-corrected chi connectivity index (χ4v) is 1.85. The minimum Gasteiger partial charge on any atom is -0.354 e. The molecule has 1 rings (SSSR count). The minimum absolute atomic E-state index is 0.0183. The van der Waals surface area contributed by atoms with Crippen molar-refractivity contribution in [1.29, 1.82) is 0 Å². The van der Waals surface area contributed by atoms with Crippen LogP contribution in [0.15, 0.2) is 24.3 Å². The molecule has 2 N–H and O–H groups in total. The predicted octanol–water partition coefficient (Wildman–Crippen LogP) is 1.65. The van der Waals surface area contributed by atoms with E-state index in [1.54, 1.807) is 12.1 Å². The molecule has 0 aliphatic rings. The monoisotopic (exact) mass is 280 g/mol. The van der Waals surface area contributed by atoms with Crippen LogP contribution in [0.3, 0.4) is 0 Å². The first-order valence-corrected chi connectivity index (χ1v) is 6.69. The summed E-state index contributed by atoms with van der Waals surface area (Å²) in [5.41, 5.74) is 0.951. The van der Waals surface area contributed by atoms with Crippen molar-refractivity contribution in [2.75, 3.05) is 6.54 Å². The highest BCUT2D eigenvalue weighted by atomic mass is 19.1. The Morgan fingerprint density at radius 2 is 1.80 bits per heavy atom. The van der Waals surface area contributed by atoms with E-state index in [1.165, 1.54) is 19.1 Å². The van der Waals surface area contributed by atoms with Gasteiger partial charge in [-0.25, -0.2) is 4.39 Å². The van der Waals surface area contributed by atoms with Gasteiger partial charge in [0.15, 0.2) is 0 Å². The van der Waals surface area contributed by atoms with E-state index in [0.717, 1.165) is 5.56 Å². The second-order valence-corrected chi connectivity index (χ2v) is 5.09. The fraction of sp³-hybridized carbons (Fsp3) is 0.467. The second kappa shape index (κ2) is 7.62. The number of hydrogen-bond acceptors (Lipinski definition) is 2. The molecule has 1 atom stereocenters. The van der Waals surface area contributed by atoms with Gasteiger partial charge in [-0.3, -0.25) is 9.59 Å². The Labute approximate surface area is 118 Å². The summed E-state index contributed by atoms with van der Waals surface area (Å²) in [6.07, 6.45) is 0.622. The zero-order valence-electron chi connectivity index (χ0n) is 12.1. The average Bonchev–Trinajstić information content (AvgIpc) is 2.37.